The number of likely N-dealkylation sites (tertiary alicyclic amines) is 1. The third kappa shape index (κ3) is 4.65. The summed E-state index contributed by atoms with van der Waals surface area (Å²) in [7, 11) is 1.97. The number of hydrogen-bond donors (Lipinski definition) is 0. The molecule has 210 valence electrons. The van der Waals surface area contributed by atoms with E-state index in [0.29, 0.717) is 23.5 Å². The minimum atomic E-state index is -1.66. The van der Waals surface area contributed by atoms with Crippen LogP contribution in [-0.4, -0.2) is 47.6 Å². The number of halogens is 1. The number of benzene rings is 1. The summed E-state index contributed by atoms with van der Waals surface area (Å²) in [5.41, 5.74) is 1.86. The van der Waals surface area contributed by atoms with Gasteiger partial charge in [-0.2, -0.15) is 0 Å². The first-order valence-corrected chi connectivity index (χ1v) is 14.3. The summed E-state index contributed by atoms with van der Waals surface area (Å²) in [4.78, 5) is 27.8. The minimum Gasteiger partial charge on any atom is -0.342 e. The van der Waals surface area contributed by atoms with Gasteiger partial charge in [-0.3, -0.25) is 13.8 Å². The number of nitrogens with zero attached hydrogens (tertiary/aromatic N) is 6. The van der Waals surface area contributed by atoms with Crippen LogP contribution in [0, 0.1) is 5.92 Å². The summed E-state index contributed by atoms with van der Waals surface area (Å²) < 4.78 is 20.8. The lowest BCUT2D eigenvalue weighted by molar-refractivity contribution is -0.130. The van der Waals surface area contributed by atoms with Crippen LogP contribution in [0.25, 0.3) is 11.2 Å². The molecule has 3 aromatic heterocycles. The van der Waals surface area contributed by atoms with Crippen LogP contribution >= 0.6 is 0 Å². The normalized spacial score (nSPS) is 19.1. The first-order chi connectivity index (χ1) is 19.1. The molecule has 1 aliphatic carbocycles. The summed E-state index contributed by atoms with van der Waals surface area (Å²) in [6.07, 6.45) is 10.6. The van der Waals surface area contributed by atoms with Crippen molar-refractivity contribution in [2.75, 3.05) is 13.1 Å². The van der Waals surface area contributed by atoms with E-state index in [1.54, 1.807) is 28.4 Å². The molecule has 0 N–H and O–H groups in total. The largest absolute Gasteiger partial charge is 0.342 e. The number of imidazole rings is 1. The van der Waals surface area contributed by atoms with Crippen LogP contribution < -0.4 is 5.69 Å². The summed E-state index contributed by atoms with van der Waals surface area (Å²) in [5, 5.41) is 8.56. The third-order valence-electron chi connectivity index (χ3n) is 8.92. The Morgan fingerprint density at radius 3 is 2.58 bits per heavy atom. The molecule has 1 saturated carbocycles. The van der Waals surface area contributed by atoms with Gasteiger partial charge in [0, 0.05) is 56.9 Å². The van der Waals surface area contributed by atoms with Gasteiger partial charge in [0.05, 0.1) is 11.2 Å². The number of amides is 1. The van der Waals surface area contributed by atoms with E-state index in [1.165, 1.54) is 20.3 Å². The molecule has 40 heavy (non-hydrogen) atoms. The quantitative estimate of drug-likeness (QED) is 0.339. The van der Waals surface area contributed by atoms with Crippen molar-refractivity contribution in [2.24, 2.45) is 13.0 Å². The highest BCUT2D eigenvalue weighted by molar-refractivity contribution is 5.73. The monoisotopic (exact) mass is 544 g/mol. The Kier molecular flexibility index (Phi) is 6.63. The molecule has 6 rings (SSSR count). The molecule has 2 atom stereocenters. The summed E-state index contributed by atoms with van der Waals surface area (Å²) in [5.74, 6) is 1.60. The zero-order valence-electron chi connectivity index (χ0n) is 23.7. The third-order valence-corrected chi connectivity index (χ3v) is 8.92. The van der Waals surface area contributed by atoms with Crippen molar-refractivity contribution in [1.82, 2.24) is 28.6 Å². The Morgan fingerprint density at radius 2 is 1.93 bits per heavy atom. The van der Waals surface area contributed by atoms with Gasteiger partial charge in [-0.15, -0.1) is 10.2 Å². The lowest BCUT2D eigenvalue weighted by Crippen LogP contribution is -2.37. The van der Waals surface area contributed by atoms with Crippen molar-refractivity contribution in [2.45, 2.75) is 70.4 Å². The van der Waals surface area contributed by atoms with E-state index in [2.05, 4.69) is 22.3 Å². The van der Waals surface area contributed by atoms with E-state index in [-0.39, 0.29) is 23.4 Å². The van der Waals surface area contributed by atoms with E-state index in [0.717, 1.165) is 54.9 Å². The molecule has 4 aromatic rings. The van der Waals surface area contributed by atoms with E-state index in [4.69, 9.17) is 0 Å². The fourth-order valence-corrected chi connectivity index (χ4v) is 6.48. The molecule has 1 saturated heterocycles. The number of aromatic nitrogens is 5. The van der Waals surface area contributed by atoms with Crippen molar-refractivity contribution in [1.29, 1.82) is 0 Å². The maximum atomic E-state index is 15.6. The molecule has 4 heterocycles. The number of piperidine rings is 1. The van der Waals surface area contributed by atoms with Gasteiger partial charge in [0.2, 0.25) is 5.91 Å². The lowest BCUT2D eigenvalue weighted by atomic mass is 9.72. The van der Waals surface area contributed by atoms with Crippen LogP contribution in [0.15, 0.2) is 53.8 Å². The molecule has 0 radical (unpaired) electrons. The maximum Gasteiger partial charge on any atom is 0.337 e. The average Bonchev–Trinajstić information content (AvgIpc) is 3.47. The van der Waals surface area contributed by atoms with Gasteiger partial charge in [0.15, 0.2) is 0 Å². The molecule has 2 fully saturated rings. The van der Waals surface area contributed by atoms with Crippen LogP contribution in [0.3, 0.4) is 0 Å². The standard InChI is InChI=1S/C31H37FN6O2/c1-20(39)36-13-7-11-23(16-36)24-15-26(31(2,3)32)27-18-37(30(40)38(27)17-24)25-12-6-10-22(14-25)28(21-8-5-9-21)29-34-33-19-35(29)4/h6,10,12,14-15,17-19,21,23,28H,5,7-9,11,13,16H2,1-4H3/t23-,28-/m1/s1. The first kappa shape index (κ1) is 26.5. The fraction of sp³-hybridized carbons (Fsp3) is 0.484. The molecular formula is C31H37FN6O2. The summed E-state index contributed by atoms with van der Waals surface area (Å²) in [6.45, 7) is 5.95. The van der Waals surface area contributed by atoms with Crippen molar-refractivity contribution in [3.63, 3.8) is 0 Å². The van der Waals surface area contributed by atoms with Gasteiger partial charge < -0.3 is 9.47 Å². The molecule has 9 heteroatoms. The Hall–Kier alpha value is -3.75. The number of fused-ring (bicyclic) bond motifs is 1. The number of alkyl halides is 1. The smallest absolute Gasteiger partial charge is 0.337 e. The topological polar surface area (TPSA) is 77.4 Å². The minimum absolute atomic E-state index is 0.0431. The molecule has 0 unspecified atom stereocenters. The number of aryl methyl sites for hydroxylation is 1. The predicted molar refractivity (Wildman–Crippen MR) is 152 cm³/mol. The maximum absolute atomic E-state index is 15.6. The highest BCUT2D eigenvalue weighted by atomic mass is 19.1. The van der Waals surface area contributed by atoms with E-state index in [1.807, 2.05) is 40.9 Å². The van der Waals surface area contributed by atoms with E-state index in [9.17, 15) is 9.59 Å². The van der Waals surface area contributed by atoms with Gasteiger partial charge in [-0.05, 0) is 74.8 Å². The molecule has 0 spiro atoms. The molecule has 0 bridgehead atoms. The highest BCUT2D eigenvalue weighted by Gasteiger charge is 2.33. The van der Waals surface area contributed by atoms with Gasteiger partial charge in [-0.1, -0.05) is 18.6 Å². The van der Waals surface area contributed by atoms with E-state index >= 15 is 4.39 Å². The Labute approximate surface area is 233 Å². The van der Waals surface area contributed by atoms with Crippen LogP contribution in [-0.2, 0) is 17.5 Å². The molecule has 2 aliphatic rings. The highest BCUT2D eigenvalue weighted by Crippen LogP contribution is 2.43. The van der Waals surface area contributed by atoms with Crippen molar-refractivity contribution in [3.05, 3.63) is 82.1 Å². The van der Waals surface area contributed by atoms with Gasteiger partial charge >= 0.3 is 5.69 Å². The summed E-state index contributed by atoms with van der Waals surface area (Å²) in [6, 6.07) is 9.95. The number of rotatable bonds is 6. The van der Waals surface area contributed by atoms with Crippen LogP contribution in [0.1, 0.15) is 87.2 Å². The van der Waals surface area contributed by atoms with Crippen LogP contribution in [0.2, 0.25) is 0 Å². The Morgan fingerprint density at radius 1 is 1.12 bits per heavy atom. The lowest BCUT2D eigenvalue weighted by Gasteiger charge is -2.33. The average molecular weight is 545 g/mol. The fourth-order valence-electron chi connectivity index (χ4n) is 6.48. The van der Waals surface area contributed by atoms with Crippen molar-refractivity contribution >= 4 is 11.4 Å². The Bertz CT molecular complexity index is 1620. The molecule has 8 nitrogen and oxygen atoms in total. The molecule has 1 amide bonds. The number of pyridine rings is 1. The zero-order valence-corrected chi connectivity index (χ0v) is 23.7. The second kappa shape index (κ2) is 10.0. The second-order valence-electron chi connectivity index (χ2n) is 12.1. The van der Waals surface area contributed by atoms with Crippen LogP contribution in [0.4, 0.5) is 4.39 Å². The molecule has 1 aliphatic heterocycles. The second-order valence-corrected chi connectivity index (χ2v) is 12.1. The number of carbonyl (C=O) groups is 1. The van der Waals surface area contributed by atoms with Crippen molar-refractivity contribution in [3.8, 4) is 5.69 Å². The van der Waals surface area contributed by atoms with Gasteiger partial charge in [-0.25, -0.2) is 9.18 Å². The van der Waals surface area contributed by atoms with Crippen LogP contribution in [0.5, 0.6) is 0 Å². The number of carbonyl (C=O) groups excluding carboxylic acids is 1. The van der Waals surface area contributed by atoms with Crippen molar-refractivity contribution < 1.29 is 9.18 Å². The SMILES string of the molecule is CC(=O)N1CCC[C@@H](c2cc(C(C)(C)F)c3cn(-c4cccc([C@H](c5nncn5C)C5CCC5)c4)c(=O)n3c2)C1. The first-order valence-electron chi connectivity index (χ1n) is 14.3. The van der Waals surface area contributed by atoms with Gasteiger partial charge in [0.1, 0.15) is 17.8 Å². The molecule has 1 aromatic carbocycles. The van der Waals surface area contributed by atoms with Gasteiger partial charge in [0.25, 0.3) is 0 Å². The number of hydrogen-bond acceptors (Lipinski definition) is 4. The zero-order chi connectivity index (χ0) is 28.2. The predicted octanol–water partition coefficient (Wildman–Crippen LogP) is 5.08. The summed E-state index contributed by atoms with van der Waals surface area (Å²) >= 11 is 0. The Balaban J connectivity index is 1.45. The molecular weight excluding hydrogens is 507 g/mol. The van der Waals surface area contributed by atoms with E-state index < -0.39 is 5.67 Å².